The molecular weight excluding hydrogens is 204 g/mol. The molecule has 0 amide bonds. The minimum atomic E-state index is -0.875. The van der Waals surface area contributed by atoms with Crippen LogP contribution < -0.4 is 5.84 Å². The van der Waals surface area contributed by atoms with Crippen LogP contribution in [0.5, 0.6) is 0 Å². The van der Waals surface area contributed by atoms with Gasteiger partial charge in [-0.1, -0.05) is 24.3 Å². The SMILES string of the molecule is CC([C]=O)(CC=O)c1ccc(C=NN)cc1. The van der Waals surface area contributed by atoms with Crippen molar-refractivity contribution >= 4 is 18.8 Å². The smallest absolute Gasteiger partial charge is 0.209 e. The number of rotatable bonds is 5. The van der Waals surface area contributed by atoms with Crippen LogP contribution in [0.4, 0.5) is 0 Å². The molecule has 4 nitrogen and oxygen atoms in total. The zero-order valence-corrected chi connectivity index (χ0v) is 9.01. The molecule has 0 saturated carbocycles. The average molecular weight is 217 g/mol. The fraction of sp³-hybridized carbons (Fsp3) is 0.250. The summed E-state index contributed by atoms with van der Waals surface area (Å²) >= 11 is 0. The highest BCUT2D eigenvalue weighted by Gasteiger charge is 2.26. The largest absolute Gasteiger partial charge is 0.323 e. The second-order valence-electron chi connectivity index (χ2n) is 3.71. The molecule has 4 heteroatoms. The van der Waals surface area contributed by atoms with Crippen LogP contribution >= 0.6 is 0 Å². The van der Waals surface area contributed by atoms with E-state index in [0.29, 0.717) is 0 Å². The third kappa shape index (κ3) is 2.53. The van der Waals surface area contributed by atoms with Gasteiger partial charge in [-0.2, -0.15) is 5.10 Å². The van der Waals surface area contributed by atoms with Crippen LogP contribution in [0.15, 0.2) is 29.4 Å². The number of nitrogens with zero attached hydrogens (tertiary/aromatic N) is 1. The number of hydrogen-bond donors (Lipinski definition) is 1. The highest BCUT2D eigenvalue weighted by Crippen LogP contribution is 2.24. The first-order valence-electron chi connectivity index (χ1n) is 4.83. The van der Waals surface area contributed by atoms with Gasteiger partial charge in [0, 0.05) is 6.42 Å². The van der Waals surface area contributed by atoms with Crippen molar-refractivity contribution in [3.8, 4) is 0 Å². The molecule has 0 spiro atoms. The Balaban J connectivity index is 3.03. The highest BCUT2D eigenvalue weighted by atomic mass is 16.1. The van der Waals surface area contributed by atoms with Crippen molar-refractivity contribution in [3.05, 3.63) is 35.4 Å². The van der Waals surface area contributed by atoms with Crippen molar-refractivity contribution in [1.82, 2.24) is 0 Å². The van der Waals surface area contributed by atoms with Crippen LogP contribution in [0.25, 0.3) is 0 Å². The van der Waals surface area contributed by atoms with Crippen molar-refractivity contribution in [1.29, 1.82) is 0 Å². The molecule has 0 aliphatic heterocycles. The first kappa shape index (κ1) is 12.1. The summed E-state index contributed by atoms with van der Waals surface area (Å²) in [5, 5.41) is 3.40. The zero-order valence-electron chi connectivity index (χ0n) is 9.01. The summed E-state index contributed by atoms with van der Waals surface area (Å²) in [6.07, 6.45) is 4.26. The van der Waals surface area contributed by atoms with Crippen LogP contribution in [-0.2, 0) is 15.0 Å². The lowest BCUT2D eigenvalue weighted by Crippen LogP contribution is -2.24. The molecule has 0 aliphatic carbocycles. The van der Waals surface area contributed by atoms with Crippen molar-refractivity contribution in [2.24, 2.45) is 10.9 Å². The predicted octanol–water partition coefficient (Wildman–Crippen LogP) is 0.936. The van der Waals surface area contributed by atoms with E-state index in [1.54, 1.807) is 31.2 Å². The molecule has 1 radical (unpaired) electrons. The topological polar surface area (TPSA) is 72.5 Å². The van der Waals surface area contributed by atoms with Crippen LogP contribution in [0.1, 0.15) is 24.5 Å². The second kappa shape index (κ2) is 5.21. The van der Waals surface area contributed by atoms with E-state index in [2.05, 4.69) is 5.10 Å². The zero-order chi connectivity index (χ0) is 12.0. The van der Waals surface area contributed by atoms with Gasteiger partial charge in [0.15, 0.2) is 0 Å². The summed E-state index contributed by atoms with van der Waals surface area (Å²) in [5.41, 5.74) is 0.717. The highest BCUT2D eigenvalue weighted by molar-refractivity contribution is 5.80. The first-order valence-corrected chi connectivity index (χ1v) is 4.83. The van der Waals surface area contributed by atoms with Gasteiger partial charge in [-0.05, 0) is 18.1 Å². The Bertz CT molecular complexity index is 398. The number of nitrogens with two attached hydrogens (primary N) is 1. The maximum absolute atomic E-state index is 10.9. The maximum atomic E-state index is 10.9. The lowest BCUT2D eigenvalue weighted by Gasteiger charge is -2.19. The third-order valence-corrected chi connectivity index (χ3v) is 2.49. The molecule has 0 bridgehead atoms. The fourth-order valence-electron chi connectivity index (χ4n) is 1.41. The number of carbonyl (C=O) groups excluding carboxylic acids is 2. The second-order valence-corrected chi connectivity index (χ2v) is 3.71. The van der Waals surface area contributed by atoms with Crippen LogP contribution in [-0.4, -0.2) is 18.8 Å². The molecule has 1 rings (SSSR count). The van der Waals surface area contributed by atoms with E-state index in [0.717, 1.165) is 17.4 Å². The van der Waals surface area contributed by atoms with Gasteiger partial charge in [0.25, 0.3) is 0 Å². The van der Waals surface area contributed by atoms with E-state index in [-0.39, 0.29) is 6.42 Å². The van der Waals surface area contributed by atoms with Gasteiger partial charge in [-0.3, -0.25) is 4.79 Å². The summed E-state index contributed by atoms with van der Waals surface area (Å²) in [4.78, 5) is 21.4. The molecule has 83 valence electrons. The Morgan fingerprint density at radius 3 is 2.50 bits per heavy atom. The van der Waals surface area contributed by atoms with Gasteiger partial charge in [-0.15, -0.1) is 0 Å². The molecule has 0 fully saturated rings. The molecule has 0 saturated heterocycles. The van der Waals surface area contributed by atoms with Crippen molar-refractivity contribution < 1.29 is 9.59 Å². The number of aldehydes is 1. The van der Waals surface area contributed by atoms with E-state index in [4.69, 9.17) is 5.84 Å². The number of hydrogen-bond acceptors (Lipinski definition) is 4. The van der Waals surface area contributed by atoms with Crippen molar-refractivity contribution in [2.45, 2.75) is 18.8 Å². The minimum Gasteiger partial charge on any atom is -0.323 e. The van der Waals surface area contributed by atoms with E-state index >= 15 is 0 Å². The van der Waals surface area contributed by atoms with Gasteiger partial charge in [-0.25, -0.2) is 0 Å². The van der Waals surface area contributed by atoms with E-state index < -0.39 is 5.41 Å². The van der Waals surface area contributed by atoms with E-state index in [1.165, 1.54) is 6.21 Å². The lowest BCUT2D eigenvalue weighted by atomic mass is 9.81. The summed E-state index contributed by atoms with van der Waals surface area (Å²) in [6, 6.07) is 7.11. The molecule has 0 heterocycles. The third-order valence-electron chi connectivity index (χ3n) is 2.49. The van der Waals surface area contributed by atoms with Crippen LogP contribution in [0.3, 0.4) is 0 Å². The van der Waals surface area contributed by atoms with Crippen LogP contribution in [0, 0.1) is 0 Å². The van der Waals surface area contributed by atoms with E-state index in [9.17, 15) is 9.59 Å². The van der Waals surface area contributed by atoms with Crippen LogP contribution in [0.2, 0.25) is 0 Å². The Morgan fingerprint density at radius 1 is 1.44 bits per heavy atom. The molecular formula is C12H13N2O2. The Labute approximate surface area is 94.1 Å². The van der Waals surface area contributed by atoms with Gasteiger partial charge < -0.3 is 10.6 Å². The molecule has 0 aliphatic rings. The minimum absolute atomic E-state index is 0.126. The van der Waals surface area contributed by atoms with Crippen molar-refractivity contribution in [3.63, 3.8) is 0 Å². The van der Waals surface area contributed by atoms with E-state index in [1.807, 2.05) is 6.29 Å². The molecule has 1 aromatic carbocycles. The van der Waals surface area contributed by atoms with Gasteiger partial charge in [0.2, 0.25) is 6.29 Å². The molecule has 16 heavy (non-hydrogen) atoms. The molecule has 1 atom stereocenters. The first-order chi connectivity index (χ1) is 7.66. The summed E-state index contributed by atoms with van der Waals surface area (Å²) < 4.78 is 0. The summed E-state index contributed by atoms with van der Waals surface area (Å²) in [5.74, 6) is 5.02. The summed E-state index contributed by atoms with van der Waals surface area (Å²) in [6.45, 7) is 1.68. The van der Waals surface area contributed by atoms with Gasteiger partial charge in [0.05, 0.1) is 11.6 Å². The molecule has 1 aromatic rings. The monoisotopic (exact) mass is 217 g/mol. The quantitative estimate of drug-likeness (QED) is 0.345. The molecule has 0 aromatic heterocycles. The lowest BCUT2D eigenvalue weighted by molar-refractivity contribution is -0.108. The van der Waals surface area contributed by atoms with Crippen molar-refractivity contribution in [2.75, 3.05) is 0 Å². The molecule has 2 N–H and O–H groups in total. The fourth-order valence-corrected chi connectivity index (χ4v) is 1.41. The van der Waals surface area contributed by atoms with Gasteiger partial charge >= 0.3 is 0 Å². The standard InChI is InChI=1S/C12H13N2O2/c1-12(9-16,6-7-15)11-4-2-10(3-5-11)8-14-13/h2-5,7-8H,6,13H2,1H3. The Kier molecular flexibility index (Phi) is 3.94. The average Bonchev–Trinajstić information content (AvgIpc) is 2.30. The van der Waals surface area contributed by atoms with Gasteiger partial charge in [0.1, 0.15) is 6.29 Å². The summed E-state index contributed by atoms with van der Waals surface area (Å²) in [7, 11) is 0. The number of benzene rings is 1. The maximum Gasteiger partial charge on any atom is 0.209 e. The predicted molar refractivity (Wildman–Crippen MR) is 61.9 cm³/mol. The Hall–Kier alpha value is -1.97. The Morgan fingerprint density at radius 2 is 2.06 bits per heavy atom. The molecule has 1 unspecified atom stereocenters. The number of hydrazone groups is 1. The normalized spacial score (nSPS) is 14.6. The number of carbonyl (C=O) groups is 1.